The first kappa shape index (κ1) is 58.6. The molecule has 0 amide bonds. The average molecular weight is 1080 g/mol. The summed E-state index contributed by atoms with van der Waals surface area (Å²) in [7, 11) is 0. The number of aryl methyl sites for hydroxylation is 2. The standard InChI is InChI=1S/2C25H21F6N3O2.Zn/c1-7-36-23(35)18-11(2)21(33-13(18)4)19(22-12(3)20(32-6)14(5)34-22)15-8-16(24(26,27)28)10-17(9-15)25(29,30)31;1-6-36-23(35)19-12(3)22(34-14(19)5)20(21-11(2)18(10-32)13(4)33-21)15-7-16(24(26,27)28)9-17(8-15)25(29,30)31;/h8-10H,7H2,1-5H3,(H,33,34,35);7-9H,6H2,1-5H3,(H,33,34,35);/q;;+2/p-2. The number of rotatable bonds is 8. The van der Waals surface area contributed by atoms with Gasteiger partial charge in [-0.3, -0.25) is 9.98 Å². The van der Waals surface area contributed by atoms with E-state index in [1.165, 1.54) is 55.4 Å². The van der Waals surface area contributed by atoms with Gasteiger partial charge in [-0.05, 0) is 118 Å². The maximum atomic E-state index is 13.6. The van der Waals surface area contributed by atoms with E-state index in [9.17, 15) is 67.5 Å². The minimum Gasteiger partial charge on any atom is -0.671 e. The summed E-state index contributed by atoms with van der Waals surface area (Å²) >= 11 is 0. The molecule has 2 aromatic heterocycles. The fourth-order valence-corrected chi connectivity index (χ4v) is 8.06. The number of carbonyl (C=O) groups is 2. The molecule has 0 radical (unpaired) electrons. The van der Waals surface area contributed by atoms with Gasteiger partial charge in [-0.25, -0.2) is 14.4 Å². The molecule has 0 spiro atoms. The number of ether oxygens (including phenoxy) is 2. The largest absolute Gasteiger partial charge is 2.00 e. The smallest absolute Gasteiger partial charge is 0.671 e. The Balaban J connectivity index is 0.000000312. The number of esters is 2. The minimum absolute atomic E-state index is 0. The van der Waals surface area contributed by atoms with Gasteiger partial charge in [-0.1, -0.05) is 31.9 Å². The van der Waals surface area contributed by atoms with Crippen LogP contribution in [0.25, 0.3) is 16.0 Å². The maximum absolute atomic E-state index is 13.6. The van der Waals surface area contributed by atoms with Crippen molar-refractivity contribution >= 4 is 40.2 Å². The third kappa shape index (κ3) is 11.9. The van der Waals surface area contributed by atoms with Gasteiger partial charge in [0.2, 0.25) is 0 Å². The zero-order valence-corrected chi connectivity index (χ0v) is 43.4. The first-order valence-electron chi connectivity index (χ1n) is 21.2. The first-order chi connectivity index (χ1) is 33.2. The van der Waals surface area contributed by atoms with Crippen molar-refractivity contribution in [1.82, 2.24) is 9.97 Å². The average Bonchev–Trinajstić information content (AvgIpc) is 3.93. The number of nitriles is 1. The molecule has 6 rings (SSSR count). The summed E-state index contributed by atoms with van der Waals surface area (Å²) in [5.74, 6) is -1.46. The van der Waals surface area contributed by atoms with Crippen molar-refractivity contribution in [2.24, 2.45) is 9.98 Å². The first-order valence-corrected chi connectivity index (χ1v) is 21.2. The van der Waals surface area contributed by atoms with Crippen LogP contribution in [0.4, 0.5) is 58.4 Å². The summed E-state index contributed by atoms with van der Waals surface area (Å²) in [5.41, 5.74) is -5.19. The second-order valence-corrected chi connectivity index (χ2v) is 16.2. The predicted molar refractivity (Wildman–Crippen MR) is 239 cm³/mol. The van der Waals surface area contributed by atoms with Crippen LogP contribution in [0.2, 0.25) is 0 Å². The second-order valence-electron chi connectivity index (χ2n) is 16.2. The van der Waals surface area contributed by atoms with Crippen LogP contribution in [0.5, 0.6) is 0 Å². The van der Waals surface area contributed by atoms with Crippen LogP contribution in [0.15, 0.2) is 80.1 Å². The van der Waals surface area contributed by atoms with Crippen molar-refractivity contribution in [1.29, 1.82) is 5.26 Å². The number of hydrogen-bond acceptors (Lipinski definition) is 7. The van der Waals surface area contributed by atoms with E-state index in [-0.39, 0.29) is 146 Å². The number of benzene rings is 2. The van der Waals surface area contributed by atoms with E-state index in [1.54, 1.807) is 13.8 Å². The van der Waals surface area contributed by atoms with Gasteiger partial charge in [0, 0.05) is 5.56 Å². The zero-order chi connectivity index (χ0) is 54.3. The van der Waals surface area contributed by atoms with Gasteiger partial charge < -0.3 is 19.4 Å². The molecule has 2 aliphatic rings. The molecule has 10 nitrogen and oxygen atoms in total. The molecule has 2 aliphatic heterocycles. The van der Waals surface area contributed by atoms with Crippen LogP contribution in [0.1, 0.15) is 119 Å². The van der Waals surface area contributed by atoms with E-state index >= 15 is 0 Å². The van der Waals surface area contributed by atoms with E-state index in [2.05, 4.69) is 24.8 Å². The molecule has 73 heavy (non-hydrogen) atoms. The molecular weight excluding hydrogens is 1040 g/mol. The molecule has 0 aliphatic carbocycles. The molecule has 0 unspecified atom stereocenters. The molecular formula is C50H40F12N6O4Zn. The fraction of sp³-hybridized carbons (Fsp3) is 0.320. The summed E-state index contributed by atoms with van der Waals surface area (Å²) in [6.07, 6.45) is -20.3. The Hall–Kier alpha value is -7.00. The Morgan fingerprint density at radius 3 is 1.36 bits per heavy atom. The van der Waals surface area contributed by atoms with Crippen LogP contribution in [-0.4, -0.2) is 36.6 Å². The van der Waals surface area contributed by atoms with Crippen molar-refractivity contribution < 1.29 is 91.2 Å². The molecule has 0 atom stereocenters. The Morgan fingerprint density at radius 2 is 0.986 bits per heavy atom. The van der Waals surface area contributed by atoms with Crippen LogP contribution in [-0.2, 0) is 58.5 Å². The SMILES string of the molecule is CCOC(=O)c1c(C)[n-]c(/C(=C2\N=C(C)C(C#N)=C2C)c2cc(C(F)(F)F)cc(C(F)(F)F)c2)c1C.[C-]#[N+]c1c(C)[n-]c(/C(=C2\N=C(C)C(C(=O)OCC)=C2C)c2cc(C(F)(F)F)cc(C(F)(F)F)c2)c1C.[Zn+2]. The summed E-state index contributed by atoms with van der Waals surface area (Å²) in [5, 5.41) is 9.50. The van der Waals surface area contributed by atoms with Gasteiger partial charge in [0.1, 0.15) is 6.07 Å². The molecule has 0 fully saturated rings. The van der Waals surface area contributed by atoms with E-state index in [0.717, 1.165) is 0 Å². The van der Waals surface area contributed by atoms with E-state index < -0.39 is 70.0 Å². The monoisotopic (exact) mass is 1080 g/mol. The maximum Gasteiger partial charge on any atom is 2.00 e. The van der Waals surface area contributed by atoms with E-state index in [4.69, 9.17) is 16.0 Å². The third-order valence-corrected chi connectivity index (χ3v) is 11.3. The summed E-state index contributed by atoms with van der Waals surface area (Å²) in [6.45, 7) is 22.6. The molecule has 0 N–H and O–H groups in total. The normalized spacial score (nSPS) is 15.5. The van der Waals surface area contributed by atoms with Crippen molar-refractivity contribution in [3.63, 3.8) is 0 Å². The third-order valence-electron chi connectivity index (χ3n) is 11.3. The molecule has 2 aromatic carbocycles. The van der Waals surface area contributed by atoms with Crippen LogP contribution in [0.3, 0.4) is 0 Å². The number of carbonyl (C=O) groups excluding carboxylic acids is 2. The van der Waals surface area contributed by atoms with Crippen LogP contribution >= 0.6 is 0 Å². The van der Waals surface area contributed by atoms with Gasteiger partial charge >= 0.3 is 56.1 Å². The number of nitrogens with zero attached hydrogens (tertiary/aromatic N) is 6. The minimum atomic E-state index is -5.08. The zero-order valence-electron chi connectivity index (χ0n) is 40.4. The van der Waals surface area contributed by atoms with Gasteiger partial charge in [0.15, 0.2) is 5.69 Å². The number of aromatic nitrogens is 2. The summed E-state index contributed by atoms with van der Waals surface area (Å²) in [4.78, 5) is 45.7. The topological polar surface area (TPSA) is 134 Å². The Morgan fingerprint density at radius 1 is 0.603 bits per heavy atom. The van der Waals surface area contributed by atoms with Gasteiger partial charge in [-0.2, -0.15) is 63.6 Å². The van der Waals surface area contributed by atoms with Crippen LogP contribution in [0, 0.1) is 45.6 Å². The molecule has 0 bridgehead atoms. The molecule has 23 heteroatoms. The van der Waals surface area contributed by atoms with Crippen molar-refractivity contribution in [3.8, 4) is 6.07 Å². The summed E-state index contributed by atoms with van der Waals surface area (Å²) < 4.78 is 174. The number of halogens is 12. The number of aliphatic imine (C=N–C) groups is 2. The van der Waals surface area contributed by atoms with E-state index in [1.807, 2.05) is 6.07 Å². The van der Waals surface area contributed by atoms with Crippen LogP contribution < -0.4 is 9.97 Å². The van der Waals surface area contributed by atoms with Crippen molar-refractivity contribution in [3.05, 3.63) is 154 Å². The molecule has 4 heterocycles. The van der Waals surface area contributed by atoms with E-state index in [0.29, 0.717) is 24.3 Å². The fourth-order valence-electron chi connectivity index (χ4n) is 8.06. The Kier molecular flexibility index (Phi) is 17.3. The Labute approximate surface area is 422 Å². The van der Waals surface area contributed by atoms with Crippen molar-refractivity contribution in [2.75, 3.05) is 13.2 Å². The Bertz CT molecular complexity index is 3130. The number of alkyl halides is 12. The van der Waals surface area contributed by atoms with Gasteiger partial charge in [0.25, 0.3) is 0 Å². The quantitative estimate of drug-likeness (QED) is 0.0742. The molecule has 380 valence electrons. The van der Waals surface area contributed by atoms with Gasteiger partial charge in [-0.15, -0.1) is 17.1 Å². The number of hydrogen-bond donors (Lipinski definition) is 0. The second kappa shape index (κ2) is 21.6. The summed E-state index contributed by atoms with van der Waals surface area (Å²) in [6, 6.07) is 4.32. The van der Waals surface area contributed by atoms with Gasteiger partial charge in [0.05, 0.1) is 76.0 Å². The molecule has 0 saturated heterocycles. The molecule has 4 aromatic rings. The number of allylic oxidation sites excluding steroid dienone is 3. The van der Waals surface area contributed by atoms with Crippen molar-refractivity contribution in [2.45, 2.75) is 93.9 Å². The molecule has 0 saturated carbocycles. The predicted octanol–water partition coefficient (Wildman–Crippen LogP) is 13.5.